The average Bonchev–Trinajstić information content (AvgIpc) is 2.28. The van der Waals surface area contributed by atoms with Gasteiger partial charge in [0, 0.05) is 18.2 Å². The Hall–Kier alpha value is -1.95. The molecule has 86 valence electrons. The molecule has 1 atom stereocenters. The van der Waals surface area contributed by atoms with Gasteiger partial charge in [0.25, 0.3) is 5.69 Å². The Bertz CT molecular complexity index is 388. The molecule has 6 nitrogen and oxygen atoms in total. The zero-order valence-electron chi connectivity index (χ0n) is 8.75. The number of nitro benzene ring substituents is 1. The Balaban J connectivity index is 2.73. The lowest BCUT2D eigenvalue weighted by molar-refractivity contribution is -0.384. The number of ether oxygens (including phenoxy) is 1. The number of methoxy groups -OCH3 is 1. The van der Waals surface area contributed by atoms with Crippen LogP contribution in [-0.2, 0) is 9.53 Å². The van der Waals surface area contributed by atoms with Crippen molar-refractivity contribution in [1.82, 2.24) is 0 Å². The maximum atomic E-state index is 11.0. The van der Waals surface area contributed by atoms with Crippen LogP contribution in [-0.4, -0.2) is 18.0 Å². The first-order valence-electron chi connectivity index (χ1n) is 4.61. The van der Waals surface area contributed by atoms with Gasteiger partial charge in [0.15, 0.2) is 0 Å². The molecule has 1 aromatic rings. The van der Waals surface area contributed by atoms with Gasteiger partial charge in [0.05, 0.1) is 18.5 Å². The third kappa shape index (κ3) is 3.03. The quantitative estimate of drug-likeness (QED) is 0.470. The topological polar surface area (TPSA) is 95.5 Å². The summed E-state index contributed by atoms with van der Waals surface area (Å²) in [4.78, 5) is 20.9. The van der Waals surface area contributed by atoms with Crippen molar-refractivity contribution in [3.05, 3.63) is 39.9 Å². The van der Waals surface area contributed by atoms with Crippen molar-refractivity contribution in [3.63, 3.8) is 0 Å². The van der Waals surface area contributed by atoms with Gasteiger partial charge in [-0.25, -0.2) is 0 Å². The second kappa shape index (κ2) is 5.22. The minimum atomic E-state index is -0.506. The van der Waals surface area contributed by atoms with E-state index in [2.05, 4.69) is 4.74 Å². The highest BCUT2D eigenvalue weighted by Gasteiger charge is 2.13. The zero-order valence-corrected chi connectivity index (χ0v) is 8.75. The van der Waals surface area contributed by atoms with Crippen molar-refractivity contribution in [2.75, 3.05) is 7.11 Å². The molecule has 2 N–H and O–H groups in total. The standard InChI is InChI=1S/C10H12N2O4/c1-16-10(13)6-9(11)7-2-4-8(5-3-7)12(14)15/h2-5,9H,6,11H2,1H3/t9-/m0/s1. The van der Waals surface area contributed by atoms with Gasteiger partial charge in [-0.1, -0.05) is 12.1 Å². The van der Waals surface area contributed by atoms with E-state index in [1.807, 2.05) is 0 Å². The van der Waals surface area contributed by atoms with Crippen molar-refractivity contribution < 1.29 is 14.5 Å². The molecule has 0 heterocycles. The van der Waals surface area contributed by atoms with E-state index in [9.17, 15) is 14.9 Å². The Morgan fingerprint density at radius 2 is 2.06 bits per heavy atom. The van der Waals surface area contributed by atoms with Crippen LogP contribution < -0.4 is 5.73 Å². The van der Waals surface area contributed by atoms with Crippen LogP contribution in [0.1, 0.15) is 18.0 Å². The lowest BCUT2D eigenvalue weighted by Crippen LogP contribution is -2.16. The highest BCUT2D eigenvalue weighted by Crippen LogP contribution is 2.18. The summed E-state index contributed by atoms with van der Waals surface area (Å²) in [5, 5.41) is 10.4. The van der Waals surface area contributed by atoms with Crippen LogP contribution in [0.4, 0.5) is 5.69 Å². The summed E-state index contributed by atoms with van der Waals surface area (Å²) in [6, 6.07) is 5.27. The monoisotopic (exact) mass is 224 g/mol. The summed E-state index contributed by atoms with van der Waals surface area (Å²) >= 11 is 0. The molecule has 0 spiro atoms. The van der Waals surface area contributed by atoms with Crippen LogP contribution in [0.2, 0.25) is 0 Å². The van der Waals surface area contributed by atoms with Gasteiger partial charge in [0.1, 0.15) is 0 Å². The van der Waals surface area contributed by atoms with Crippen molar-refractivity contribution in [2.45, 2.75) is 12.5 Å². The molecule has 0 unspecified atom stereocenters. The number of hydrogen-bond donors (Lipinski definition) is 1. The fraction of sp³-hybridized carbons (Fsp3) is 0.300. The lowest BCUT2D eigenvalue weighted by Gasteiger charge is -2.09. The molecule has 0 amide bonds. The number of esters is 1. The van der Waals surface area contributed by atoms with Gasteiger partial charge >= 0.3 is 5.97 Å². The fourth-order valence-electron chi connectivity index (χ4n) is 1.22. The number of benzene rings is 1. The molecule has 0 aliphatic carbocycles. The van der Waals surface area contributed by atoms with Crippen LogP contribution >= 0.6 is 0 Å². The summed E-state index contributed by atoms with van der Waals surface area (Å²) in [6.07, 6.45) is 0.0499. The van der Waals surface area contributed by atoms with Crippen molar-refractivity contribution in [2.24, 2.45) is 5.73 Å². The molecule has 0 radical (unpaired) electrons. The van der Waals surface area contributed by atoms with Crippen LogP contribution in [0.15, 0.2) is 24.3 Å². The first kappa shape index (κ1) is 12.1. The van der Waals surface area contributed by atoms with Gasteiger partial charge in [0.2, 0.25) is 0 Å². The van der Waals surface area contributed by atoms with E-state index in [4.69, 9.17) is 5.73 Å². The SMILES string of the molecule is COC(=O)C[C@H](N)c1ccc([N+](=O)[O-])cc1. The second-order valence-electron chi connectivity index (χ2n) is 3.24. The third-order valence-electron chi connectivity index (χ3n) is 2.15. The summed E-state index contributed by atoms with van der Waals surface area (Å²) in [7, 11) is 1.28. The first-order chi connectivity index (χ1) is 7.54. The molecular weight excluding hydrogens is 212 g/mol. The van der Waals surface area contributed by atoms with E-state index >= 15 is 0 Å². The minimum Gasteiger partial charge on any atom is -0.469 e. The van der Waals surface area contributed by atoms with Crippen molar-refractivity contribution in [3.8, 4) is 0 Å². The van der Waals surface area contributed by atoms with Gasteiger partial charge in [-0.15, -0.1) is 0 Å². The number of carbonyl (C=O) groups excluding carboxylic acids is 1. The maximum absolute atomic E-state index is 11.0. The number of nitrogens with zero attached hydrogens (tertiary/aromatic N) is 1. The Kier molecular flexibility index (Phi) is 3.96. The molecule has 0 aliphatic rings. The summed E-state index contributed by atoms with van der Waals surface area (Å²) < 4.78 is 4.48. The Labute approximate surface area is 92.2 Å². The molecule has 1 rings (SSSR count). The molecule has 0 fully saturated rings. The van der Waals surface area contributed by atoms with Gasteiger partial charge in [-0.05, 0) is 5.56 Å². The molecule has 1 aromatic carbocycles. The van der Waals surface area contributed by atoms with E-state index in [0.717, 1.165) is 0 Å². The van der Waals surface area contributed by atoms with E-state index in [0.29, 0.717) is 5.56 Å². The van der Waals surface area contributed by atoms with E-state index in [1.165, 1.54) is 31.4 Å². The van der Waals surface area contributed by atoms with E-state index < -0.39 is 16.9 Å². The molecule has 0 saturated carbocycles. The van der Waals surface area contributed by atoms with Gasteiger partial charge in [-0.3, -0.25) is 14.9 Å². The molecule has 0 aliphatic heterocycles. The first-order valence-corrected chi connectivity index (χ1v) is 4.61. The van der Waals surface area contributed by atoms with E-state index in [-0.39, 0.29) is 12.1 Å². The normalized spacial score (nSPS) is 11.9. The fourth-order valence-corrected chi connectivity index (χ4v) is 1.22. The second-order valence-corrected chi connectivity index (χ2v) is 3.24. The smallest absolute Gasteiger partial charge is 0.307 e. The van der Waals surface area contributed by atoms with Crippen molar-refractivity contribution >= 4 is 11.7 Å². The third-order valence-corrected chi connectivity index (χ3v) is 2.15. The molecule has 6 heteroatoms. The highest BCUT2D eigenvalue weighted by molar-refractivity contribution is 5.70. The van der Waals surface area contributed by atoms with Gasteiger partial charge < -0.3 is 10.5 Å². The summed E-state index contributed by atoms with van der Waals surface area (Å²) in [6.45, 7) is 0. The number of nitro groups is 1. The number of nitrogens with two attached hydrogens (primary N) is 1. The number of carbonyl (C=O) groups is 1. The number of non-ortho nitro benzene ring substituents is 1. The summed E-state index contributed by atoms with van der Waals surface area (Å²) in [5.74, 6) is -0.411. The van der Waals surface area contributed by atoms with Crippen LogP contribution in [0.25, 0.3) is 0 Å². The predicted molar refractivity (Wildman–Crippen MR) is 56.7 cm³/mol. The van der Waals surface area contributed by atoms with E-state index in [1.54, 1.807) is 0 Å². The molecule has 16 heavy (non-hydrogen) atoms. The van der Waals surface area contributed by atoms with Crippen molar-refractivity contribution in [1.29, 1.82) is 0 Å². The number of hydrogen-bond acceptors (Lipinski definition) is 5. The average molecular weight is 224 g/mol. The van der Waals surface area contributed by atoms with Crippen LogP contribution in [0, 0.1) is 10.1 Å². The predicted octanol–water partition coefficient (Wildman–Crippen LogP) is 1.16. The Morgan fingerprint density at radius 1 is 1.50 bits per heavy atom. The van der Waals surface area contributed by atoms with Gasteiger partial charge in [-0.2, -0.15) is 0 Å². The molecule has 0 bridgehead atoms. The number of rotatable bonds is 4. The molecule has 0 saturated heterocycles. The molecule has 0 aromatic heterocycles. The maximum Gasteiger partial charge on any atom is 0.307 e. The zero-order chi connectivity index (χ0) is 12.1. The highest BCUT2D eigenvalue weighted by atomic mass is 16.6. The van der Waals surface area contributed by atoms with Crippen LogP contribution in [0.5, 0.6) is 0 Å². The Morgan fingerprint density at radius 3 is 2.50 bits per heavy atom. The van der Waals surface area contributed by atoms with Crippen LogP contribution in [0.3, 0.4) is 0 Å². The molecular formula is C10H12N2O4. The summed E-state index contributed by atoms with van der Waals surface area (Å²) in [5.41, 5.74) is 6.38. The minimum absolute atomic E-state index is 0.00554. The largest absolute Gasteiger partial charge is 0.469 e. The lowest BCUT2D eigenvalue weighted by atomic mass is 10.0.